The standard InChI is InChI=1S/C18H26N2O/c19-16(13-14-7-2-1-3-8-14)18(21)20-12-6-11-17(20)15-9-4-5-10-15/h1-3,7-8,15-17H,4-6,9-13,19H2. The summed E-state index contributed by atoms with van der Waals surface area (Å²) in [6.45, 7) is 0.905. The second-order valence-electron chi connectivity index (χ2n) is 6.58. The minimum absolute atomic E-state index is 0.160. The van der Waals surface area contributed by atoms with Crippen molar-refractivity contribution in [2.45, 2.75) is 57.0 Å². The molecule has 2 fully saturated rings. The van der Waals surface area contributed by atoms with E-state index in [2.05, 4.69) is 4.90 Å². The van der Waals surface area contributed by atoms with Crippen molar-refractivity contribution in [3.05, 3.63) is 35.9 Å². The highest BCUT2D eigenvalue weighted by atomic mass is 16.2. The number of nitrogens with two attached hydrogens (primary N) is 1. The van der Waals surface area contributed by atoms with Crippen LogP contribution in [-0.2, 0) is 11.2 Å². The topological polar surface area (TPSA) is 46.3 Å². The molecular formula is C18H26N2O. The third kappa shape index (κ3) is 3.29. The molecule has 0 bridgehead atoms. The molecule has 3 heteroatoms. The Balaban J connectivity index is 1.63. The van der Waals surface area contributed by atoms with Gasteiger partial charge in [-0.05, 0) is 43.6 Å². The van der Waals surface area contributed by atoms with E-state index in [9.17, 15) is 4.79 Å². The van der Waals surface area contributed by atoms with Crippen LogP contribution in [0.3, 0.4) is 0 Å². The summed E-state index contributed by atoms with van der Waals surface area (Å²) in [5.41, 5.74) is 7.35. The summed E-state index contributed by atoms with van der Waals surface area (Å²) in [5.74, 6) is 0.883. The monoisotopic (exact) mass is 286 g/mol. The van der Waals surface area contributed by atoms with Crippen LogP contribution in [0.25, 0.3) is 0 Å². The third-order valence-electron chi connectivity index (χ3n) is 5.14. The molecule has 2 N–H and O–H groups in total. The Hall–Kier alpha value is -1.35. The average Bonchev–Trinajstić information content (AvgIpc) is 3.18. The molecule has 0 radical (unpaired) electrons. The van der Waals surface area contributed by atoms with Crippen molar-refractivity contribution in [1.29, 1.82) is 0 Å². The smallest absolute Gasteiger partial charge is 0.240 e. The van der Waals surface area contributed by atoms with Gasteiger partial charge in [-0.25, -0.2) is 0 Å². The van der Waals surface area contributed by atoms with Crippen molar-refractivity contribution >= 4 is 5.91 Å². The molecule has 1 aromatic rings. The Kier molecular flexibility index (Phi) is 4.59. The predicted octanol–water partition coefficient (Wildman–Crippen LogP) is 2.74. The van der Waals surface area contributed by atoms with Crippen LogP contribution in [-0.4, -0.2) is 29.4 Å². The van der Waals surface area contributed by atoms with Gasteiger partial charge in [0.2, 0.25) is 5.91 Å². The molecule has 1 saturated heterocycles. The summed E-state index contributed by atoms with van der Waals surface area (Å²) < 4.78 is 0. The Morgan fingerprint density at radius 2 is 1.86 bits per heavy atom. The van der Waals surface area contributed by atoms with Gasteiger partial charge < -0.3 is 10.6 Å². The van der Waals surface area contributed by atoms with Crippen LogP contribution in [0.4, 0.5) is 0 Å². The lowest BCUT2D eigenvalue weighted by atomic mass is 9.95. The van der Waals surface area contributed by atoms with Crippen molar-refractivity contribution in [2.24, 2.45) is 11.7 Å². The van der Waals surface area contributed by atoms with Gasteiger partial charge >= 0.3 is 0 Å². The lowest BCUT2D eigenvalue weighted by molar-refractivity contribution is -0.134. The Labute approximate surface area is 127 Å². The summed E-state index contributed by atoms with van der Waals surface area (Å²) >= 11 is 0. The Bertz CT molecular complexity index is 467. The van der Waals surface area contributed by atoms with Gasteiger partial charge in [-0.1, -0.05) is 43.2 Å². The van der Waals surface area contributed by atoms with Gasteiger partial charge in [-0.3, -0.25) is 4.79 Å². The quantitative estimate of drug-likeness (QED) is 0.925. The number of carbonyl (C=O) groups is 1. The second-order valence-corrected chi connectivity index (χ2v) is 6.58. The first kappa shape index (κ1) is 14.6. The molecule has 114 valence electrons. The zero-order valence-electron chi connectivity index (χ0n) is 12.7. The molecule has 21 heavy (non-hydrogen) atoms. The molecule has 1 aromatic carbocycles. The van der Waals surface area contributed by atoms with Crippen molar-refractivity contribution in [3.63, 3.8) is 0 Å². The first-order valence-corrected chi connectivity index (χ1v) is 8.35. The fourth-order valence-corrected chi connectivity index (χ4v) is 4.07. The highest BCUT2D eigenvalue weighted by Crippen LogP contribution is 2.35. The molecule has 0 spiro atoms. The number of hydrogen-bond donors (Lipinski definition) is 1. The van der Waals surface area contributed by atoms with Crippen LogP contribution in [0.5, 0.6) is 0 Å². The second kappa shape index (κ2) is 6.61. The van der Waals surface area contributed by atoms with E-state index in [1.54, 1.807) is 0 Å². The largest absolute Gasteiger partial charge is 0.338 e. The summed E-state index contributed by atoms with van der Waals surface area (Å²) in [7, 11) is 0. The average molecular weight is 286 g/mol. The Morgan fingerprint density at radius 1 is 1.14 bits per heavy atom. The number of hydrogen-bond acceptors (Lipinski definition) is 2. The normalized spacial score (nSPS) is 24.4. The van der Waals surface area contributed by atoms with E-state index in [1.807, 2.05) is 30.3 Å². The predicted molar refractivity (Wildman–Crippen MR) is 84.8 cm³/mol. The molecule has 1 saturated carbocycles. The molecule has 2 unspecified atom stereocenters. The van der Waals surface area contributed by atoms with Crippen molar-refractivity contribution < 1.29 is 4.79 Å². The molecule has 2 atom stereocenters. The van der Waals surface area contributed by atoms with Crippen LogP contribution in [0.2, 0.25) is 0 Å². The van der Waals surface area contributed by atoms with Crippen molar-refractivity contribution in [1.82, 2.24) is 4.90 Å². The maximum atomic E-state index is 12.7. The van der Waals surface area contributed by atoms with E-state index in [0.29, 0.717) is 12.5 Å². The molecule has 1 aliphatic heterocycles. The zero-order chi connectivity index (χ0) is 14.7. The number of benzene rings is 1. The van der Waals surface area contributed by atoms with E-state index in [-0.39, 0.29) is 5.91 Å². The molecule has 3 nitrogen and oxygen atoms in total. The molecule has 1 heterocycles. The maximum absolute atomic E-state index is 12.7. The van der Waals surface area contributed by atoms with Crippen LogP contribution in [0.15, 0.2) is 30.3 Å². The minimum Gasteiger partial charge on any atom is -0.338 e. The number of nitrogens with zero attached hydrogens (tertiary/aromatic N) is 1. The summed E-state index contributed by atoms with van der Waals surface area (Å²) in [4.78, 5) is 14.8. The van der Waals surface area contributed by atoms with Crippen LogP contribution >= 0.6 is 0 Å². The lowest BCUT2D eigenvalue weighted by Gasteiger charge is -2.31. The van der Waals surface area contributed by atoms with Gasteiger partial charge in [-0.15, -0.1) is 0 Å². The van der Waals surface area contributed by atoms with Gasteiger partial charge in [0, 0.05) is 12.6 Å². The third-order valence-corrected chi connectivity index (χ3v) is 5.14. The van der Waals surface area contributed by atoms with Crippen molar-refractivity contribution in [3.8, 4) is 0 Å². The first-order chi connectivity index (χ1) is 10.3. The van der Waals surface area contributed by atoms with Crippen LogP contribution in [0.1, 0.15) is 44.1 Å². The highest BCUT2D eigenvalue weighted by molar-refractivity contribution is 5.82. The van der Waals surface area contributed by atoms with Crippen LogP contribution < -0.4 is 5.73 Å². The van der Waals surface area contributed by atoms with Gasteiger partial charge in [0.25, 0.3) is 0 Å². The van der Waals surface area contributed by atoms with E-state index in [0.717, 1.165) is 24.4 Å². The minimum atomic E-state index is -0.394. The summed E-state index contributed by atoms with van der Waals surface area (Å²) in [6.07, 6.45) is 8.22. The molecule has 1 aliphatic carbocycles. The zero-order valence-corrected chi connectivity index (χ0v) is 12.7. The number of rotatable bonds is 4. The van der Waals surface area contributed by atoms with E-state index in [1.165, 1.54) is 32.1 Å². The molecule has 0 aromatic heterocycles. The first-order valence-electron chi connectivity index (χ1n) is 8.35. The summed E-state index contributed by atoms with van der Waals surface area (Å²) in [5, 5.41) is 0. The number of likely N-dealkylation sites (tertiary alicyclic amines) is 1. The molecule has 1 amide bonds. The fourth-order valence-electron chi connectivity index (χ4n) is 4.07. The van der Waals surface area contributed by atoms with Gasteiger partial charge in [0.15, 0.2) is 0 Å². The fraction of sp³-hybridized carbons (Fsp3) is 0.611. The number of carbonyl (C=O) groups excluding carboxylic acids is 1. The van der Waals surface area contributed by atoms with E-state index < -0.39 is 6.04 Å². The van der Waals surface area contributed by atoms with Gasteiger partial charge in [-0.2, -0.15) is 0 Å². The molecule has 3 rings (SSSR count). The van der Waals surface area contributed by atoms with E-state index in [4.69, 9.17) is 5.73 Å². The van der Waals surface area contributed by atoms with Crippen molar-refractivity contribution in [2.75, 3.05) is 6.54 Å². The van der Waals surface area contributed by atoms with Gasteiger partial charge in [0.1, 0.15) is 0 Å². The van der Waals surface area contributed by atoms with Gasteiger partial charge in [0.05, 0.1) is 6.04 Å². The number of amides is 1. The molecular weight excluding hydrogens is 260 g/mol. The maximum Gasteiger partial charge on any atom is 0.240 e. The van der Waals surface area contributed by atoms with E-state index >= 15 is 0 Å². The Morgan fingerprint density at radius 3 is 2.57 bits per heavy atom. The highest BCUT2D eigenvalue weighted by Gasteiger charge is 2.37. The lowest BCUT2D eigenvalue weighted by Crippen LogP contribution is -2.48. The SMILES string of the molecule is NC(Cc1ccccc1)C(=O)N1CCCC1C1CCCC1. The van der Waals surface area contributed by atoms with Crippen LogP contribution in [0, 0.1) is 5.92 Å². The molecule has 2 aliphatic rings. The summed E-state index contributed by atoms with van der Waals surface area (Å²) in [6, 6.07) is 10.2.